The minimum absolute atomic E-state index is 0.173. The van der Waals surface area contributed by atoms with Crippen molar-refractivity contribution in [3.63, 3.8) is 0 Å². The van der Waals surface area contributed by atoms with Crippen LogP contribution < -0.4 is 11.2 Å². The molecule has 3 heterocycles. The average Bonchev–Trinajstić information content (AvgIpc) is 3.25. The molecule has 138 valence electrons. The quantitative estimate of drug-likeness (QED) is 0.578. The molecule has 1 aromatic carbocycles. The summed E-state index contributed by atoms with van der Waals surface area (Å²) in [6, 6.07) is 10.1. The summed E-state index contributed by atoms with van der Waals surface area (Å²) in [6.07, 6.45) is 1.92. The summed E-state index contributed by atoms with van der Waals surface area (Å²) in [5.74, 6) is 0.701. The van der Waals surface area contributed by atoms with Gasteiger partial charge in [0, 0.05) is 13.2 Å². The van der Waals surface area contributed by atoms with Crippen LogP contribution in [0, 0.1) is 0 Å². The summed E-state index contributed by atoms with van der Waals surface area (Å²) >= 11 is 0. The van der Waals surface area contributed by atoms with Crippen LogP contribution in [-0.4, -0.2) is 29.3 Å². The van der Waals surface area contributed by atoms with Crippen molar-refractivity contribution in [3.8, 4) is 11.4 Å². The second-order valence-electron chi connectivity index (χ2n) is 6.87. The Morgan fingerprint density at radius 1 is 1.11 bits per heavy atom. The number of rotatable bonds is 4. The van der Waals surface area contributed by atoms with Crippen LogP contribution in [0.5, 0.6) is 0 Å². The average molecular weight is 364 g/mol. The molecule has 3 aromatic heterocycles. The zero-order valence-electron chi connectivity index (χ0n) is 15.4. The van der Waals surface area contributed by atoms with E-state index in [1.807, 2.05) is 41.2 Å². The molecule has 8 nitrogen and oxygen atoms in total. The predicted octanol–water partition coefficient (Wildman–Crippen LogP) is 1.99. The van der Waals surface area contributed by atoms with Gasteiger partial charge >= 0.3 is 5.69 Å². The molecule has 0 spiro atoms. The number of aromatic amines is 2. The Morgan fingerprint density at radius 3 is 2.56 bits per heavy atom. The molecular formula is C19H20N6O2. The standard InChI is InChI=1S/C19H20N6O2/c1-11(2)14-13(10-25(23-14)9-12-7-5-4-6-8-12)16-20-15-17(21-16)24(3)19(27)22-18(15)26/h4-8,10-11H,9H2,1-3H3,(H,20,21)(H,22,26,27). The van der Waals surface area contributed by atoms with Crippen molar-refractivity contribution >= 4 is 11.2 Å². The molecule has 0 amide bonds. The highest BCUT2D eigenvalue weighted by Gasteiger charge is 2.19. The van der Waals surface area contributed by atoms with Crippen LogP contribution >= 0.6 is 0 Å². The molecule has 2 N–H and O–H groups in total. The van der Waals surface area contributed by atoms with Gasteiger partial charge in [-0.05, 0) is 11.5 Å². The van der Waals surface area contributed by atoms with Gasteiger partial charge in [0.05, 0.1) is 17.8 Å². The lowest BCUT2D eigenvalue weighted by atomic mass is 10.1. The summed E-state index contributed by atoms with van der Waals surface area (Å²) in [5.41, 5.74) is 2.48. The Hall–Kier alpha value is -3.42. The molecule has 0 aliphatic rings. The molecule has 0 atom stereocenters. The number of H-pyrrole nitrogens is 2. The van der Waals surface area contributed by atoms with E-state index in [0.717, 1.165) is 16.8 Å². The second kappa shape index (κ2) is 6.39. The maximum atomic E-state index is 12.1. The second-order valence-corrected chi connectivity index (χ2v) is 6.87. The molecular weight excluding hydrogens is 344 g/mol. The van der Waals surface area contributed by atoms with Crippen molar-refractivity contribution in [1.82, 2.24) is 29.3 Å². The highest BCUT2D eigenvalue weighted by Crippen LogP contribution is 2.27. The predicted molar refractivity (Wildman–Crippen MR) is 103 cm³/mol. The smallest absolute Gasteiger partial charge is 0.329 e. The van der Waals surface area contributed by atoms with Crippen molar-refractivity contribution in [2.75, 3.05) is 0 Å². The third-order valence-corrected chi connectivity index (χ3v) is 4.53. The number of benzene rings is 1. The SMILES string of the molecule is CC(C)c1nn(Cc2ccccc2)cc1-c1nc2c([nH]1)c(=O)[nH]c(=O)n2C. The summed E-state index contributed by atoms with van der Waals surface area (Å²) in [4.78, 5) is 33.8. The molecule has 0 bridgehead atoms. The fourth-order valence-electron chi connectivity index (χ4n) is 3.13. The number of fused-ring (bicyclic) bond motifs is 1. The molecule has 0 radical (unpaired) electrons. The number of aryl methyl sites for hydroxylation is 1. The van der Waals surface area contributed by atoms with Crippen molar-refractivity contribution < 1.29 is 0 Å². The Kier molecular flexibility index (Phi) is 4.02. The Morgan fingerprint density at radius 2 is 1.85 bits per heavy atom. The van der Waals surface area contributed by atoms with Gasteiger partial charge in [-0.2, -0.15) is 5.10 Å². The number of nitrogens with zero attached hydrogens (tertiary/aromatic N) is 4. The molecule has 8 heteroatoms. The zero-order chi connectivity index (χ0) is 19.1. The van der Waals surface area contributed by atoms with E-state index in [-0.39, 0.29) is 11.4 Å². The molecule has 4 aromatic rings. The molecule has 0 aliphatic carbocycles. The summed E-state index contributed by atoms with van der Waals surface area (Å²) in [6.45, 7) is 4.76. The molecule has 0 fully saturated rings. The lowest BCUT2D eigenvalue weighted by Gasteiger charge is -2.03. The molecule has 4 rings (SSSR count). The minimum atomic E-state index is -0.491. The highest BCUT2D eigenvalue weighted by molar-refractivity contribution is 5.75. The van der Waals surface area contributed by atoms with E-state index in [2.05, 4.69) is 28.8 Å². The van der Waals surface area contributed by atoms with Crippen molar-refractivity contribution in [2.45, 2.75) is 26.3 Å². The molecule has 0 aliphatic heterocycles. The van der Waals surface area contributed by atoms with Gasteiger partial charge in [-0.1, -0.05) is 44.2 Å². The lowest BCUT2D eigenvalue weighted by molar-refractivity contribution is 0.657. The van der Waals surface area contributed by atoms with Gasteiger partial charge in [0.1, 0.15) is 11.3 Å². The first-order valence-corrected chi connectivity index (χ1v) is 8.74. The zero-order valence-corrected chi connectivity index (χ0v) is 15.4. The van der Waals surface area contributed by atoms with Gasteiger partial charge in [-0.25, -0.2) is 9.78 Å². The van der Waals surface area contributed by atoms with Crippen molar-refractivity contribution in [1.29, 1.82) is 0 Å². The number of hydrogen-bond acceptors (Lipinski definition) is 4. The Bertz CT molecular complexity index is 1230. The van der Waals surface area contributed by atoms with Crippen LogP contribution in [-0.2, 0) is 13.6 Å². The molecule has 27 heavy (non-hydrogen) atoms. The lowest BCUT2D eigenvalue weighted by Crippen LogP contribution is -2.28. The van der Waals surface area contributed by atoms with Crippen molar-refractivity contribution in [3.05, 3.63) is 68.6 Å². The molecule has 0 unspecified atom stereocenters. The number of hydrogen-bond donors (Lipinski definition) is 2. The van der Waals surface area contributed by atoms with E-state index in [4.69, 9.17) is 5.10 Å². The first kappa shape index (κ1) is 17.0. The third-order valence-electron chi connectivity index (χ3n) is 4.53. The third kappa shape index (κ3) is 2.99. The van der Waals surface area contributed by atoms with E-state index >= 15 is 0 Å². The molecule has 0 saturated carbocycles. The topological polar surface area (TPSA) is 101 Å². The van der Waals surface area contributed by atoms with E-state index < -0.39 is 11.2 Å². The maximum Gasteiger partial charge on any atom is 0.329 e. The van der Waals surface area contributed by atoms with Crippen molar-refractivity contribution in [2.24, 2.45) is 7.05 Å². The van der Waals surface area contributed by atoms with Crippen LogP contribution in [0.4, 0.5) is 0 Å². The molecule has 0 saturated heterocycles. The van der Waals surface area contributed by atoms with Gasteiger partial charge in [-0.15, -0.1) is 0 Å². The van der Waals surface area contributed by atoms with E-state index in [9.17, 15) is 9.59 Å². The van der Waals surface area contributed by atoms with Gasteiger partial charge in [0.2, 0.25) is 0 Å². The van der Waals surface area contributed by atoms with E-state index in [0.29, 0.717) is 18.0 Å². The van der Waals surface area contributed by atoms with Crippen LogP contribution in [0.15, 0.2) is 46.1 Å². The largest absolute Gasteiger partial charge is 0.332 e. The number of nitrogens with one attached hydrogen (secondary N) is 2. The van der Waals surface area contributed by atoms with Crippen LogP contribution in [0.3, 0.4) is 0 Å². The van der Waals surface area contributed by atoms with E-state index in [1.165, 1.54) is 4.57 Å². The first-order valence-electron chi connectivity index (χ1n) is 8.74. The number of imidazole rings is 1. The summed E-state index contributed by atoms with van der Waals surface area (Å²) < 4.78 is 3.19. The normalized spacial score (nSPS) is 11.6. The van der Waals surface area contributed by atoms with Crippen LogP contribution in [0.2, 0.25) is 0 Å². The monoisotopic (exact) mass is 364 g/mol. The fourth-order valence-corrected chi connectivity index (χ4v) is 3.13. The van der Waals surface area contributed by atoms with Gasteiger partial charge < -0.3 is 4.98 Å². The first-order chi connectivity index (χ1) is 12.9. The van der Waals surface area contributed by atoms with Gasteiger partial charge in [0.25, 0.3) is 5.56 Å². The van der Waals surface area contributed by atoms with E-state index in [1.54, 1.807) is 7.05 Å². The number of aromatic nitrogens is 6. The fraction of sp³-hybridized carbons (Fsp3) is 0.263. The Labute approximate surface area is 154 Å². The Balaban J connectivity index is 1.85. The maximum absolute atomic E-state index is 12.1. The van der Waals surface area contributed by atoms with Gasteiger partial charge in [0.15, 0.2) is 5.65 Å². The van der Waals surface area contributed by atoms with Gasteiger partial charge in [-0.3, -0.25) is 19.0 Å². The van der Waals surface area contributed by atoms with Crippen LogP contribution in [0.1, 0.15) is 31.0 Å². The summed E-state index contributed by atoms with van der Waals surface area (Å²) in [5, 5.41) is 4.72. The minimum Gasteiger partial charge on any atom is -0.332 e. The van der Waals surface area contributed by atoms with Crippen LogP contribution in [0.25, 0.3) is 22.6 Å². The highest BCUT2D eigenvalue weighted by atomic mass is 16.2. The summed E-state index contributed by atoms with van der Waals surface area (Å²) in [7, 11) is 1.58.